The molecule has 0 radical (unpaired) electrons. The third-order valence-electron chi connectivity index (χ3n) is 9.26. The first-order valence-electron chi connectivity index (χ1n) is 16.3. The molecule has 0 amide bonds. The number of fused-ring (bicyclic) bond motifs is 5. The summed E-state index contributed by atoms with van der Waals surface area (Å²) < 4.78 is 6.81. The number of benzene rings is 8. The summed E-state index contributed by atoms with van der Waals surface area (Å²) in [5.74, 6) is 0. The molecular formula is C46H31NO. The van der Waals surface area contributed by atoms with Crippen LogP contribution in [0, 0.1) is 0 Å². The van der Waals surface area contributed by atoms with E-state index in [2.05, 4.69) is 193 Å². The molecule has 2 heteroatoms. The highest BCUT2D eigenvalue weighted by molar-refractivity contribution is 6.18. The first-order chi connectivity index (χ1) is 23.8. The van der Waals surface area contributed by atoms with Crippen molar-refractivity contribution in [3.63, 3.8) is 0 Å². The zero-order valence-corrected chi connectivity index (χ0v) is 26.3. The van der Waals surface area contributed by atoms with Crippen molar-refractivity contribution in [3.8, 4) is 33.4 Å². The molecule has 0 aliphatic heterocycles. The Labute approximate surface area is 279 Å². The average molecular weight is 614 g/mol. The largest absolute Gasteiger partial charge is 0.455 e. The molecule has 48 heavy (non-hydrogen) atoms. The molecule has 0 atom stereocenters. The van der Waals surface area contributed by atoms with Gasteiger partial charge < -0.3 is 9.32 Å². The van der Waals surface area contributed by atoms with Crippen molar-refractivity contribution in [1.29, 1.82) is 0 Å². The Kier molecular flexibility index (Phi) is 6.84. The molecule has 9 rings (SSSR count). The molecule has 0 saturated carbocycles. The van der Waals surface area contributed by atoms with Gasteiger partial charge in [-0.3, -0.25) is 0 Å². The van der Waals surface area contributed by atoms with Crippen LogP contribution in [0.15, 0.2) is 192 Å². The highest BCUT2D eigenvalue weighted by Gasteiger charge is 2.20. The fourth-order valence-corrected chi connectivity index (χ4v) is 6.87. The molecule has 0 N–H and O–H groups in total. The molecule has 0 unspecified atom stereocenters. The topological polar surface area (TPSA) is 16.4 Å². The first-order valence-corrected chi connectivity index (χ1v) is 16.3. The lowest BCUT2D eigenvalue weighted by molar-refractivity contribution is 0.674. The van der Waals surface area contributed by atoms with E-state index in [1.165, 1.54) is 27.6 Å². The second-order valence-corrected chi connectivity index (χ2v) is 12.2. The van der Waals surface area contributed by atoms with E-state index >= 15 is 0 Å². The maximum atomic E-state index is 6.81. The Bertz CT molecular complexity index is 2430. The Morgan fingerprint density at radius 2 is 0.812 bits per heavy atom. The van der Waals surface area contributed by atoms with Crippen molar-refractivity contribution in [2.75, 3.05) is 4.90 Å². The van der Waals surface area contributed by atoms with Crippen LogP contribution in [0.3, 0.4) is 0 Å². The highest BCUT2D eigenvalue weighted by atomic mass is 16.3. The number of rotatable bonds is 6. The summed E-state index contributed by atoms with van der Waals surface area (Å²) in [6.45, 7) is 0. The van der Waals surface area contributed by atoms with Crippen molar-refractivity contribution in [2.24, 2.45) is 0 Å². The highest BCUT2D eigenvalue weighted by Crippen LogP contribution is 2.45. The summed E-state index contributed by atoms with van der Waals surface area (Å²) in [5.41, 5.74) is 12.0. The molecule has 0 aliphatic carbocycles. The maximum Gasteiger partial charge on any atom is 0.143 e. The molecule has 0 fully saturated rings. The smallest absolute Gasteiger partial charge is 0.143 e. The van der Waals surface area contributed by atoms with Crippen LogP contribution in [-0.4, -0.2) is 0 Å². The Morgan fingerprint density at radius 1 is 0.312 bits per heavy atom. The molecule has 8 aromatic carbocycles. The lowest BCUT2D eigenvalue weighted by Crippen LogP contribution is -2.10. The van der Waals surface area contributed by atoms with Crippen molar-refractivity contribution in [2.45, 2.75) is 0 Å². The van der Waals surface area contributed by atoms with E-state index < -0.39 is 0 Å². The summed E-state index contributed by atoms with van der Waals surface area (Å²) in [5, 5.41) is 4.50. The molecule has 0 saturated heterocycles. The van der Waals surface area contributed by atoms with Crippen LogP contribution in [0.25, 0.3) is 66.1 Å². The molecule has 0 spiro atoms. The molecule has 0 bridgehead atoms. The third kappa shape index (κ3) is 4.92. The van der Waals surface area contributed by atoms with Gasteiger partial charge in [0.15, 0.2) is 0 Å². The van der Waals surface area contributed by atoms with Crippen LogP contribution in [-0.2, 0) is 0 Å². The van der Waals surface area contributed by atoms with E-state index in [-0.39, 0.29) is 0 Å². The van der Waals surface area contributed by atoms with Gasteiger partial charge >= 0.3 is 0 Å². The lowest BCUT2D eigenvalue weighted by atomic mass is 9.99. The standard InChI is InChI=1S/C46H31NO/c1-4-12-32(13-5-1)34-20-25-38(26-21-34)47(39-27-22-35(23-28-39)33-14-6-2-7-15-33)40-30-43(36-16-8-3-9-17-36)46-44(31-40)42-29-24-37-18-10-11-19-41(37)45(42)48-46/h1-31H. The Balaban J connectivity index is 1.28. The molecule has 1 aromatic heterocycles. The minimum atomic E-state index is 0.898. The van der Waals surface area contributed by atoms with E-state index in [0.717, 1.165) is 55.5 Å². The summed E-state index contributed by atoms with van der Waals surface area (Å²) in [4.78, 5) is 2.36. The third-order valence-corrected chi connectivity index (χ3v) is 9.26. The van der Waals surface area contributed by atoms with Crippen molar-refractivity contribution in [1.82, 2.24) is 0 Å². The van der Waals surface area contributed by atoms with E-state index in [1.54, 1.807) is 0 Å². The monoisotopic (exact) mass is 613 g/mol. The van der Waals surface area contributed by atoms with Gasteiger partial charge in [-0.1, -0.05) is 146 Å². The second-order valence-electron chi connectivity index (χ2n) is 12.2. The summed E-state index contributed by atoms with van der Waals surface area (Å²) >= 11 is 0. The van der Waals surface area contributed by atoms with E-state index in [9.17, 15) is 0 Å². The molecule has 0 aliphatic rings. The van der Waals surface area contributed by atoms with Crippen molar-refractivity contribution in [3.05, 3.63) is 188 Å². The maximum absolute atomic E-state index is 6.81. The fraction of sp³-hybridized carbons (Fsp3) is 0. The summed E-state index contributed by atoms with van der Waals surface area (Å²) in [7, 11) is 0. The molecule has 1 heterocycles. The van der Waals surface area contributed by atoms with Crippen LogP contribution in [0.2, 0.25) is 0 Å². The van der Waals surface area contributed by atoms with Crippen molar-refractivity contribution >= 4 is 49.8 Å². The molecule has 226 valence electrons. The first kappa shape index (κ1) is 27.9. The van der Waals surface area contributed by atoms with Gasteiger partial charge in [-0.25, -0.2) is 0 Å². The SMILES string of the molecule is c1ccc(-c2ccc(N(c3ccc(-c4ccccc4)cc3)c3cc(-c4ccccc4)c4oc5c6ccccc6ccc5c4c3)cc2)cc1. The Morgan fingerprint density at radius 3 is 1.40 bits per heavy atom. The van der Waals surface area contributed by atoms with E-state index in [1.807, 2.05) is 0 Å². The fourth-order valence-electron chi connectivity index (χ4n) is 6.87. The van der Waals surface area contributed by atoms with Gasteiger partial charge in [0.05, 0.1) is 0 Å². The Hall–Kier alpha value is -6.38. The molecule has 9 aromatic rings. The van der Waals surface area contributed by atoms with E-state index in [0.29, 0.717) is 0 Å². The van der Waals surface area contributed by atoms with Gasteiger partial charge in [0.25, 0.3) is 0 Å². The van der Waals surface area contributed by atoms with Crippen LogP contribution in [0.4, 0.5) is 17.1 Å². The number of hydrogen-bond acceptors (Lipinski definition) is 2. The quantitative estimate of drug-likeness (QED) is 0.185. The average Bonchev–Trinajstić information content (AvgIpc) is 3.55. The van der Waals surface area contributed by atoms with Crippen LogP contribution in [0.1, 0.15) is 0 Å². The number of anilines is 3. The van der Waals surface area contributed by atoms with Gasteiger partial charge in [0.1, 0.15) is 11.2 Å². The van der Waals surface area contributed by atoms with Crippen LogP contribution in [0.5, 0.6) is 0 Å². The number of nitrogens with zero attached hydrogens (tertiary/aromatic N) is 1. The van der Waals surface area contributed by atoms with Gasteiger partial charge in [0.2, 0.25) is 0 Å². The summed E-state index contributed by atoms with van der Waals surface area (Å²) in [6, 6.07) is 66.8. The molecule has 2 nitrogen and oxygen atoms in total. The summed E-state index contributed by atoms with van der Waals surface area (Å²) in [6.07, 6.45) is 0. The predicted octanol–water partition coefficient (Wildman–Crippen LogP) is 13.2. The van der Waals surface area contributed by atoms with Gasteiger partial charge in [-0.05, 0) is 75.7 Å². The van der Waals surface area contributed by atoms with Gasteiger partial charge in [0, 0.05) is 38.8 Å². The normalized spacial score (nSPS) is 11.3. The van der Waals surface area contributed by atoms with Crippen molar-refractivity contribution < 1.29 is 4.42 Å². The van der Waals surface area contributed by atoms with Crippen LogP contribution >= 0.6 is 0 Å². The predicted molar refractivity (Wildman–Crippen MR) is 202 cm³/mol. The zero-order valence-electron chi connectivity index (χ0n) is 26.3. The van der Waals surface area contributed by atoms with Crippen LogP contribution < -0.4 is 4.90 Å². The van der Waals surface area contributed by atoms with E-state index in [4.69, 9.17) is 4.42 Å². The zero-order chi connectivity index (χ0) is 31.9. The lowest BCUT2D eigenvalue weighted by Gasteiger charge is -2.27. The molecular weight excluding hydrogens is 583 g/mol. The van der Waals surface area contributed by atoms with Gasteiger partial charge in [-0.15, -0.1) is 0 Å². The van der Waals surface area contributed by atoms with Gasteiger partial charge in [-0.2, -0.15) is 0 Å². The number of furan rings is 1. The second kappa shape index (κ2) is 11.8. The number of hydrogen-bond donors (Lipinski definition) is 0. The minimum absolute atomic E-state index is 0.898. The minimum Gasteiger partial charge on any atom is -0.455 e.